The fourth-order valence-corrected chi connectivity index (χ4v) is 1.47. The lowest BCUT2D eigenvalue weighted by atomic mass is 10.3. The van der Waals surface area contributed by atoms with E-state index in [-0.39, 0.29) is 5.91 Å². The molecule has 0 aliphatic carbocycles. The molecule has 0 bridgehead atoms. The van der Waals surface area contributed by atoms with E-state index in [0.29, 0.717) is 32.1 Å². The molecule has 0 saturated heterocycles. The van der Waals surface area contributed by atoms with Crippen LogP contribution in [0.25, 0.3) is 0 Å². The van der Waals surface area contributed by atoms with E-state index in [2.05, 4.69) is 0 Å². The predicted molar refractivity (Wildman–Crippen MR) is 63.0 cm³/mol. The number of rotatable bonds is 8. The van der Waals surface area contributed by atoms with E-state index >= 15 is 0 Å². The van der Waals surface area contributed by atoms with Gasteiger partial charge in [-0.3, -0.25) is 4.79 Å². The largest absolute Gasteiger partial charge is 0.459 e. The van der Waals surface area contributed by atoms with Crippen molar-refractivity contribution in [1.29, 1.82) is 0 Å². The maximum atomic E-state index is 12.0. The van der Waals surface area contributed by atoms with Crippen molar-refractivity contribution in [1.82, 2.24) is 4.90 Å². The van der Waals surface area contributed by atoms with Crippen molar-refractivity contribution >= 4 is 5.91 Å². The fourth-order valence-electron chi connectivity index (χ4n) is 1.47. The molecule has 1 amide bonds. The number of ether oxygens (including phenoxy) is 2. The quantitative estimate of drug-likeness (QED) is 0.646. The lowest BCUT2D eigenvalue weighted by Crippen LogP contribution is -2.35. The highest BCUT2D eigenvalue weighted by atomic mass is 16.5. The van der Waals surface area contributed by atoms with Gasteiger partial charge in [0.2, 0.25) is 0 Å². The van der Waals surface area contributed by atoms with Gasteiger partial charge in [-0.2, -0.15) is 0 Å². The third kappa shape index (κ3) is 4.58. The third-order valence-corrected chi connectivity index (χ3v) is 2.36. The topological polar surface area (TPSA) is 51.9 Å². The molecule has 1 heterocycles. The summed E-state index contributed by atoms with van der Waals surface area (Å²) < 4.78 is 15.1. The van der Waals surface area contributed by atoms with Gasteiger partial charge >= 0.3 is 0 Å². The molecule has 1 aromatic rings. The van der Waals surface area contributed by atoms with Crippen LogP contribution in [0.3, 0.4) is 0 Å². The van der Waals surface area contributed by atoms with Crippen molar-refractivity contribution in [2.75, 3.05) is 40.5 Å². The minimum Gasteiger partial charge on any atom is -0.459 e. The zero-order valence-corrected chi connectivity index (χ0v) is 10.3. The monoisotopic (exact) mass is 241 g/mol. The van der Waals surface area contributed by atoms with Crippen LogP contribution >= 0.6 is 0 Å². The molecule has 17 heavy (non-hydrogen) atoms. The highest BCUT2D eigenvalue weighted by molar-refractivity contribution is 5.91. The molecule has 5 nitrogen and oxygen atoms in total. The zero-order chi connectivity index (χ0) is 12.5. The second kappa shape index (κ2) is 7.86. The molecule has 5 heteroatoms. The number of hydrogen-bond acceptors (Lipinski definition) is 4. The first-order chi connectivity index (χ1) is 8.29. The van der Waals surface area contributed by atoms with E-state index in [1.165, 1.54) is 6.26 Å². The number of methoxy groups -OCH3 is 2. The van der Waals surface area contributed by atoms with E-state index in [1.807, 2.05) is 0 Å². The van der Waals surface area contributed by atoms with Crippen molar-refractivity contribution in [2.24, 2.45) is 0 Å². The van der Waals surface area contributed by atoms with E-state index in [0.717, 1.165) is 6.42 Å². The third-order valence-electron chi connectivity index (χ3n) is 2.36. The molecule has 1 aromatic heterocycles. The summed E-state index contributed by atoms with van der Waals surface area (Å²) in [7, 11) is 3.26. The molecule has 0 spiro atoms. The summed E-state index contributed by atoms with van der Waals surface area (Å²) in [4.78, 5) is 13.8. The number of hydrogen-bond donors (Lipinski definition) is 0. The van der Waals surface area contributed by atoms with Crippen LogP contribution in [-0.4, -0.2) is 51.3 Å². The molecule has 0 aliphatic heterocycles. The molecule has 0 unspecified atom stereocenters. The van der Waals surface area contributed by atoms with Gasteiger partial charge in [0, 0.05) is 33.9 Å². The lowest BCUT2D eigenvalue weighted by molar-refractivity contribution is 0.0644. The Labute approximate surface area is 101 Å². The standard InChI is InChI=1S/C12H19NO4/c1-15-8-4-6-13(7-10-16-2)12(14)11-5-3-9-17-11/h3,5,9H,4,6-8,10H2,1-2H3. The first kappa shape index (κ1) is 13.7. The smallest absolute Gasteiger partial charge is 0.289 e. The number of carbonyl (C=O) groups is 1. The molecule has 0 atom stereocenters. The van der Waals surface area contributed by atoms with Crippen molar-refractivity contribution in [3.8, 4) is 0 Å². The van der Waals surface area contributed by atoms with E-state index in [9.17, 15) is 4.79 Å². The van der Waals surface area contributed by atoms with Crippen molar-refractivity contribution < 1.29 is 18.7 Å². The van der Waals surface area contributed by atoms with Crippen LogP contribution in [0.15, 0.2) is 22.8 Å². The second-order valence-corrected chi connectivity index (χ2v) is 3.61. The number of nitrogens with zero attached hydrogens (tertiary/aromatic N) is 1. The van der Waals surface area contributed by atoms with Crippen molar-refractivity contribution in [3.05, 3.63) is 24.2 Å². The number of carbonyl (C=O) groups excluding carboxylic acids is 1. The van der Waals surface area contributed by atoms with Crippen LogP contribution in [0.2, 0.25) is 0 Å². The Kier molecular flexibility index (Phi) is 6.35. The molecule has 0 fully saturated rings. The maximum Gasteiger partial charge on any atom is 0.289 e. The normalized spacial score (nSPS) is 10.5. The van der Waals surface area contributed by atoms with Gasteiger partial charge in [0.25, 0.3) is 5.91 Å². The van der Waals surface area contributed by atoms with Gasteiger partial charge in [0.05, 0.1) is 12.9 Å². The van der Waals surface area contributed by atoms with Gasteiger partial charge in [-0.15, -0.1) is 0 Å². The van der Waals surface area contributed by atoms with E-state index in [4.69, 9.17) is 13.9 Å². The van der Waals surface area contributed by atoms with Gasteiger partial charge in [0.1, 0.15) is 0 Å². The summed E-state index contributed by atoms with van der Waals surface area (Å²) in [6.07, 6.45) is 2.30. The maximum absolute atomic E-state index is 12.0. The molecule has 0 N–H and O–H groups in total. The molecule has 1 rings (SSSR count). The zero-order valence-electron chi connectivity index (χ0n) is 10.3. The summed E-state index contributed by atoms with van der Waals surface area (Å²) in [5.41, 5.74) is 0. The average Bonchev–Trinajstić information content (AvgIpc) is 2.86. The van der Waals surface area contributed by atoms with Crippen LogP contribution in [0.5, 0.6) is 0 Å². The molecule has 0 saturated carbocycles. The number of amides is 1. The molecule has 0 radical (unpaired) electrons. The van der Waals surface area contributed by atoms with Gasteiger partial charge in [0.15, 0.2) is 5.76 Å². The van der Waals surface area contributed by atoms with Gasteiger partial charge in [-0.05, 0) is 18.6 Å². The Morgan fingerprint density at radius 3 is 2.65 bits per heavy atom. The van der Waals surface area contributed by atoms with Gasteiger partial charge < -0.3 is 18.8 Å². The Morgan fingerprint density at radius 2 is 2.06 bits per heavy atom. The molecule has 96 valence electrons. The highest BCUT2D eigenvalue weighted by Crippen LogP contribution is 2.06. The first-order valence-corrected chi connectivity index (χ1v) is 5.60. The van der Waals surface area contributed by atoms with Crippen LogP contribution in [-0.2, 0) is 9.47 Å². The lowest BCUT2D eigenvalue weighted by Gasteiger charge is -2.21. The average molecular weight is 241 g/mol. The summed E-state index contributed by atoms with van der Waals surface area (Å²) in [5, 5.41) is 0. The summed E-state index contributed by atoms with van der Waals surface area (Å²) >= 11 is 0. The Balaban J connectivity index is 2.52. The Bertz CT molecular complexity index is 310. The van der Waals surface area contributed by atoms with Gasteiger partial charge in [-0.25, -0.2) is 0 Å². The Hall–Kier alpha value is -1.33. The summed E-state index contributed by atoms with van der Waals surface area (Å²) in [5.74, 6) is 0.252. The van der Waals surface area contributed by atoms with Crippen LogP contribution < -0.4 is 0 Å². The Morgan fingerprint density at radius 1 is 1.29 bits per heavy atom. The second-order valence-electron chi connectivity index (χ2n) is 3.61. The van der Waals surface area contributed by atoms with Crippen molar-refractivity contribution in [3.63, 3.8) is 0 Å². The van der Waals surface area contributed by atoms with E-state index < -0.39 is 0 Å². The fraction of sp³-hybridized carbons (Fsp3) is 0.583. The van der Waals surface area contributed by atoms with Crippen LogP contribution in [0.1, 0.15) is 17.0 Å². The molecular formula is C12H19NO4. The first-order valence-electron chi connectivity index (χ1n) is 5.60. The predicted octanol–water partition coefficient (Wildman–Crippen LogP) is 1.40. The van der Waals surface area contributed by atoms with Crippen molar-refractivity contribution in [2.45, 2.75) is 6.42 Å². The van der Waals surface area contributed by atoms with Crippen LogP contribution in [0.4, 0.5) is 0 Å². The molecule has 0 aromatic carbocycles. The summed E-state index contributed by atoms with van der Waals surface area (Å²) in [6, 6.07) is 3.37. The summed E-state index contributed by atoms with van der Waals surface area (Å²) in [6.45, 7) is 2.34. The minimum atomic E-state index is -0.108. The SMILES string of the molecule is COCCCN(CCOC)C(=O)c1ccco1. The minimum absolute atomic E-state index is 0.108. The van der Waals surface area contributed by atoms with E-state index in [1.54, 1.807) is 31.3 Å². The number of furan rings is 1. The van der Waals surface area contributed by atoms with Crippen LogP contribution in [0, 0.1) is 0 Å². The highest BCUT2D eigenvalue weighted by Gasteiger charge is 2.17. The molecule has 0 aliphatic rings. The molecular weight excluding hydrogens is 222 g/mol. The van der Waals surface area contributed by atoms with Gasteiger partial charge in [-0.1, -0.05) is 0 Å².